The Kier molecular flexibility index (Phi) is 4.99. The van der Waals surface area contributed by atoms with Gasteiger partial charge in [-0.2, -0.15) is 0 Å². The molecule has 0 spiro atoms. The molecule has 2 aromatic carbocycles. The number of pyridine rings is 1. The number of anilines is 1. The molecule has 148 valence electrons. The number of rotatable bonds is 4. The number of nitrogens with one attached hydrogen (secondary N) is 1. The Morgan fingerprint density at radius 1 is 1.10 bits per heavy atom. The summed E-state index contributed by atoms with van der Waals surface area (Å²) >= 11 is 6.08. The monoisotopic (exact) mass is 429 g/mol. The fourth-order valence-electron chi connectivity index (χ4n) is 2.94. The number of hydrogen-bond acceptors (Lipinski definition) is 5. The summed E-state index contributed by atoms with van der Waals surface area (Å²) in [6, 6.07) is 14.5. The number of hydrogen-bond donors (Lipinski definition) is 1. The zero-order valence-corrected chi connectivity index (χ0v) is 16.9. The second-order valence-electron chi connectivity index (χ2n) is 6.37. The molecule has 1 N–H and O–H groups in total. The number of carbonyl (C=O) groups is 1. The second-order valence-corrected chi connectivity index (χ2v) is 8.54. The molecule has 0 saturated heterocycles. The zero-order chi connectivity index (χ0) is 20.6. The van der Waals surface area contributed by atoms with Gasteiger partial charge in [0.15, 0.2) is 11.6 Å². The van der Waals surface area contributed by atoms with Gasteiger partial charge in [0.1, 0.15) is 5.75 Å². The largest absolute Gasteiger partial charge is 0.453 e. The summed E-state index contributed by atoms with van der Waals surface area (Å²) in [4.78, 5) is 18.3. The Labute approximate surface area is 173 Å². The average Bonchev–Trinajstić information content (AvgIpc) is 2.82. The van der Waals surface area contributed by atoms with Gasteiger partial charge in [-0.25, -0.2) is 18.1 Å². The van der Waals surface area contributed by atoms with Crippen molar-refractivity contribution >= 4 is 33.3 Å². The summed E-state index contributed by atoms with van der Waals surface area (Å²) in [5.41, 5.74) is 0.777. The van der Waals surface area contributed by atoms with Crippen molar-refractivity contribution in [1.29, 1.82) is 0 Å². The van der Waals surface area contributed by atoms with E-state index in [4.69, 9.17) is 16.3 Å². The first kappa shape index (κ1) is 19.4. The van der Waals surface area contributed by atoms with Crippen molar-refractivity contribution in [3.8, 4) is 11.5 Å². The topological polar surface area (TPSA) is 88.6 Å². The summed E-state index contributed by atoms with van der Waals surface area (Å²) < 4.78 is 33.8. The number of ether oxygens (including phenoxy) is 1. The molecule has 0 radical (unpaired) electrons. The highest BCUT2D eigenvalue weighted by molar-refractivity contribution is 7.89. The van der Waals surface area contributed by atoms with E-state index in [2.05, 4.69) is 9.71 Å². The van der Waals surface area contributed by atoms with Crippen LogP contribution >= 0.6 is 11.6 Å². The molecule has 1 aliphatic heterocycles. The first-order valence-corrected chi connectivity index (χ1v) is 10.5. The Hall–Kier alpha value is -2.94. The third-order valence-corrected chi connectivity index (χ3v) is 6.26. The van der Waals surface area contributed by atoms with Gasteiger partial charge in [-0.15, -0.1) is 0 Å². The predicted molar refractivity (Wildman–Crippen MR) is 109 cm³/mol. The summed E-state index contributed by atoms with van der Waals surface area (Å²) in [5.74, 6) is 0.615. The first-order valence-electron chi connectivity index (χ1n) is 8.65. The van der Waals surface area contributed by atoms with E-state index in [0.29, 0.717) is 22.2 Å². The molecule has 0 saturated carbocycles. The van der Waals surface area contributed by atoms with Gasteiger partial charge >= 0.3 is 0 Å². The van der Waals surface area contributed by atoms with Gasteiger partial charge < -0.3 is 4.74 Å². The average molecular weight is 430 g/mol. The van der Waals surface area contributed by atoms with Crippen molar-refractivity contribution in [2.24, 2.45) is 0 Å². The van der Waals surface area contributed by atoms with E-state index in [-0.39, 0.29) is 22.8 Å². The molecule has 0 atom stereocenters. The molecular weight excluding hydrogens is 414 g/mol. The molecule has 0 unspecified atom stereocenters. The van der Waals surface area contributed by atoms with Crippen LogP contribution in [0.25, 0.3) is 0 Å². The number of aromatic nitrogens is 1. The van der Waals surface area contributed by atoms with Crippen molar-refractivity contribution in [2.45, 2.75) is 11.4 Å². The van der Waals surface area contributed by atoms with Crippen LogP contribution in [-0.2, 0) is 16.6 Å². The van der Waals surface area contributed by atoms with E-state index in [1.54, 1.807) is 49.6 Å². The molecule has 0 bridgehead atoms. The zero-order valence-electron chi connectivity index (χ0n) is 15.3. The fourth-order valence-corrected chi connectivity index (χ4v) is 4.17. The van der Waals surface area contributed by atoms with Gasteiger partial charge in [-0.3, -0.25) is 9.69 Å². The van der Waals surface area contributed by atoms with Crippen LogP contribution in [0.2, 0.25) is 5.02 Å². The van der Waals surface area contributed by atoms with Gasteiger partial charge in [0, 0.05) is 24.8 Å². The van der Waals surface area contributed by atoms with Gasteiger partial charge in [0.25, 0.3) is 5.91 Å². The fraction of sp³-hybridized carbons (Fsp3) is 0.100. The van der Waals surface area contributed by atoms with Gasteiger partial charge in [0.2, 0.25) is 10.0 Å². The van der Waals surface area contributed by atoms with Gasteiger partial charge in [-0.05, 0) is 42.0 Å². The van der Waals surface area contributed by atoms with Crippen molar-refractivity contribution in [2.75, 3.05) is 11.9 Å². The Morgan fingerprint density at radius 3 is 2.69 bits per heavy atom. The molecule has 29 heavy (non-hydrogen) atoms. The number of carbonyl (C=O) groups excluding carboxylic acids is 1. The smallest absolute Gasteiger partial charge is 0.263 e. The molecule has 2 heterocycles. The van der Waals surface area contributed by atoms with E-state index in [9.17, 15) is 13.2 Å². The lowest BCUT2D eigenvalue weighted by Gasteiger charge is -2.14. The van der Waals surface area contributed by atoms with E-state index in [1.165, 1.54) is 23.1 Å². The number of sulfonamides is 1. The maximum Gasteiger partial charge on any atom is 0.263 e. The van der Waals surface area contributed by atoms with Crippen molar-refractivity contribution in [1.82, 2.24) is 9.71 Å². The summed E-state index contributed by atoms with van der Waals surface area (Å²) in [5, 5.41) is 0.465. The van der Waals surface area contributed by atoms with Crippen LogP contribution in [0.3, 0.4) is 0 Å². The lowest BCUT2D eigenvalue weighted by atomic mass is 10.2. The highest BCUT2D eigenvalue weighted by Gasteiger charge is 2.28. The summed E-state index contributed by atoms with van der Waals surface area (Å²) in [6.07, 6.45) is 1.55. The number of benzene rings is 2. The Morgan fingerprint density at radius 2 is 1.90 bits per heavy atom. The molecule has 7 nitrogen and oxygen atoms in total. The van der Waals surface area contributed by atoms with Crippen LogP contribution < -0.4 is 14.4 Å². The Balaban J connectivity index is 1.66. The van der Waals surface area contributed by atoms with E-state index < -0.39 is 15.9 Å². The lowest BCUT2D eigenvalue weighted by Crippen LogP contribution is -2.27. The molecule has 4 rings (SSSR count). The number of nitrogens with zero attached hydrogens (tertiary/aromatic N) is 2. The van der Waals surface area contributed by atoms with Crippen LogP contribution in [-0.4, -0.2) is 26.4 Å². The normalized spacial score (nSPS) is 13.3. The standard InChI is InChI=1S/C20H16ClN3O4S/c1-24-19-18(7-4-10-22-19)28-17-9-8-14(11-15(17)20(24)25)29(26,27)23-12-13-5-2-3-6-16(13)21/h2-11,23H,12H2,1H3. The Bertz CT molecular complexity index is 1210. The third-order valence-electron chi connectivity index (χ3n) is 4.50. The SMILES string of the molecule is CN1C(=O)c2cc(S(=O)(=O)NCc3ccccc3Cl)ccc2Oc2cccnc21. The maximum atomic E-state index is 12.9. The molecule has 1 aliphatic rings. The van der Waals surface area contributed by atoms with E-state index in [0.717, 1.165) is 0 Å². The molecule has 0 fully saturated rings. The van der Waals surface area contributed by atoms with E-state index >= 15 is 0 Å². The number of amides is 1. The van der Waals surface area contributed by atoms with Crippen molar-refractivity contribution in [3.63, 3.8) is 0 Å². The second kappa shape index (κ2) is 7.47. The molecule has 0 aliphatic carbocycles. The number of halogens is 1. The van der Waals surface area contributed by atoms with Crippen molar-refractivity contribution < 1.29 is 17.9 Å². The summed E-state index contributed by atoms with van der Waals surface area (Å²) in [7, 11) is -2.32. The van der Waals surface area contributed by atoms with Gasteiger partial charge in [0.05, 0.1) is 10.5 Å². The molecule has 9 heteroatoms. The molecule has 3 aromatic rings. The quantitative estimate of drug-likeness (QED) is 0.684. The molecule has 1 aromatic heterocycles. The number of fused-ring (bicyclic) bond motifs is 2. The van der Waals surface area contributed by atoms with Crippen LogP contribution in [0.15, 0.2) is 65.7 Å². The molecular formula is C20H16ClN3O4S. The summed E-state index contributed by atoms with van der Waals surface area (Å²) in [6.45, 7) is 0.0266. The molecule has 1 amide bonds. The minimum absolute atomic E-state index is 0.0266. The van der Waals surface area contributed by atoms with Gasteiger partial charge in [-0.1, -0.05) is 29.8 Å². The van der Waals surface area contributed by atoms with Crippen LogP contribution in [0, 0.1) is 0 Å². The van der Waals surface area contributed by atoms with E-state index in [1.807, 2.05) is 0 Å². The lowest BCUT2D eigenvalue weighted by molar-refractivity contribution is 0.0992. The van der Waals surface area contributed by atoms with Crippen molar-refractivity contribution in [3.05, 3.63) is 76.9 Å². The third kappa shape index (κ3) is 3.69. The minimum atomic E-state index is -3.88. The highest BCUT2D eigenvalue weighted by atomic mass is 35.5. The highest BCUT2D eigenvalue weighted by Crippen LogP contribution is 2.37. The minimum Gasteiger partial charge on any atom is -0.453 e. The van der Waals surface area contributed by atoms with Crippen LogP contribution in [0.1, 0.15) is 15.9 Å². The first-order chi connectivity index (χ1) is 13.9. The van der Waals surface area contributed by atoms with Crippen LogP contribution in [0.5, 0.6) is 11.5 Å². The predicted octanol–water partition coefficient (Wildman–Crippen LogP) is 3.60. The van der Waals surface area contributed by atoms with Crippen LogP contribution in [0.4, 0.5) is 5.82 Å². The maximum absolute atomic E-state index is 12.9.